The summed E-state index contributed by atoms with van der Waals surface area (Å²) >= 11 is 0. The number of aromatic nitrogens is 2. The molecule has 0 saturated carbocycles. The zero-order chi connectivity index (χ0) is 12.7. The van der Waals surface area contributed by atoms with Crippen LogP contribution < -0.4 is 10.9 Å². The maximum absolute atomic E-state index is 11.5. The van der Waals surface area contributed by atoms with Crippen LogP contribution in [0, 0.1) is 0 Å². The van der Waals surface area contributed by atoms with E-state index in [0.29, 0.717) is 18.8 Å². The fourth-order valence-electron chi connectivity index (χ4n) is 1.40. The number of anilines is 1. The Morgan fingerprint density at radius 2 is 2.24 bits per heavy atom. The number of carboxylic acids is 1. The Morgan fingerprint density at radius 3 is 2.94 bits per heavy atom. The Kier molecular flexibility index (Phi) is 5.19. The second-order valence-corrected chi connectivity index (χ2v) is 3.82. The van der Waals surface area contributed by atoms with Gasteiger partial charge < -0.3 is 15.0 Å². The molecule has 2 N–H and O–H groups in total. The number of hydrogen-bond donors (Lipinski definition) is 2. The third kappa shape index (κ3) is 4.67. The van der Waals surface area contributed by atoms with Crippen molar-refractivity contribution in [3.8, 4) is 0 Å². The summed E-state index contributed by atoms with van der Waals surface area (Å²) in [7, 11) is 1.67. The summed E-state index contributed by atoms with van der Waals surface area (Å²) in [5.74, 6) is -0.426. The first-order chi connectivity index (χ1) is 8.11. The van der Waals surface area contributed by atoms with Gasteiger partial charge in [-0.1, -0.05) is 6.42 Å². The van der Waals surface area contributed by atoms with Crippen LogP contribution in [0.3, 0.4) is 0 Å². The highest BCUT2D eigenvalue weighted by Crippen LogP contribution is 2.00. The molecule has 6 heteroatoms. The highest BCUT2D eigenvalue weighted by molar-refractivity contribution is 5.66. The molecule has 0 aliphatic carbocycles. The smallest absolute Gasteiger partial charge is 0.303 e. The number of nitrogens with zero attached hydrogens (tertiary/aromatic N) is 2. The van der Waals surface area contributed by atoms with E-state index in [1.165, 1.54) is 4.57 Å². The lowest BCUT2D eigenvalue weighted by Crippen LogP contribution is -2.22. The Balaban J connectivity index is 2.25. The molecule has 0 aliphatic heterocycles. The molecule has 0 unspecified atom stereocenters. The minimum atomic E-state index is -0.767. The van der Waals surface area contributed by atoms with Crippen LogP contribution in [0.4, 0.5) is 5.82 Å². The van der Waals surface area contributed by atoms with Crippen molar-refractivity contribution in [1.29, 1.82) is 0 Å². The van der Waals surface area contributed by atoms with Gasteiger partial charge in [0.2, 0.25) is 0 Å². The summed E-state index contributed by atoms with van der Waals surface area (Å²) < 4.78 is 1.46. The van der Waals surface area contributed by atoms with Crippen molar-refractivity contribution < 1.29 is 9.90 Å². The summed E-state index contributed by atoms with van der Waals surface area (Å²) in [6.07, 6.45) is 5.68. The van der Waals surface area contributed by atoms with E-state index >= 15 is 0 Å². The summed E-state index contributed by atoms with van der Waals surface area (Å²) in [6.45, 7) is 0.631. The molecule has 1 rings (SSSR count). The number of aryl methyl sites for hydroxylation is 1. The molecule has 0 atom stereocenters. The van der Waals surface area contributed by atoms with Crippen molar-refractivity contribution in [2.75, 3.05) is 11.9 Å². The van der Waals surface area contributed by atoms with Crippen molar-refractivity contribution >= 4 is 11.8 Å². The van der Waals surface area contributed by atoms with Crippen LogP contribution in [0.2, 0.25) is 0 Å². The van der Waals surface area contributed by atoms with E-state index in [1.807, 2.05) is 0 Å². The lowest BCUT2D eigenvalue weighted by atomic mass is 10.2. The normalized spacial score (nSPS) is 10.2. The number of rotatable bonds is 7. The first-order valence-electron chi connectivity index (χ1n) is 5.58. The monoisotopic (exact) mass is 239 g/mol. The van der Waals surface area contributed by atoms with Gasteiger partial charge in [0.15, 0.2) is 5.82 Å². The first-order valence-corrected chi connectivity index (χ1v) is 5.58. The number of aliphatic carboxylic acids is 1. The largest absolute Gasteiger partial charge is 0.481 e. The summed E-state index contributed by atoms with van der Waals surface area (Å²) in [4.78, 5) is 25.8. The van der Waals surface area contributed by atoms with Gasteiger partial charge in [-0.3, -0.25) is 9.59 Å². The Bertz CT molecular complexity index is 428. The van der Waals surface area contributed by atoms with Crippen LogP contribution in [-0.2, 0) is 11.8 Å². The summed E-state index contributed by atoms with van der Waals surface area (Å²) in [5.41, 5.74) is -0.155. The molecule has 0 spiro atoms. The van der Waals surface area contributed by atoms with Crippen molar-refractivity contribution in [2.24, 2.45) is 7.05 Å². The molecule has 0 aliphatic rings. The molecule has 94 valence electrons. The minimum Gasteiger partial charge on any atom is -0.481 e. The maximum Gasteiger partial charge on any atom is 0.303 e. The van der Waals surface area contributed by atoms with E-state index < -0.39 is 5.97 Å². The number of nitrogens with one attached hydrogen (secondary N) is 1. The van der Waals surface area contributed by atoms with Gasteiger partial charge in [0.05, 0.1) is 0 Å². The second-order valence-electron chi connectivity index (χ2n) is 3.82. The van der Waals surface area contributed by atoms with Crippen LogP contribution in [-0.4, -0.2) is 27.2 Å². The highest BCUT2D eigenvalue weighted by atomic mass is 16.4. The quantitative estimate of drug-likeness (QED) is 0.689. The Hall–Kier alpha value is -1.85. The summed E-state index contributed by atoms with van der Waals surface area (Å²) in [5, 5.41) is 11.4. The van der Waals surface area contributed by atoms with Gasteiger partial charge in [0, 0.05) is 32.4 Å². The Morgan fingerprint density at radius 1 is 1.47 bits per heavy atom. The van der Waals surface area contributed by atoms with E-state index in [9.17, 15) is 9.59 Å². The second kappa shape index (κ2) is 6.67. The average Bonchev–Trinajstić information content (AvgIpc) is 2.28. The van der Waals surface area contributed by atoms with Crippen LogP contribution >= 0.6 is 0 Å². The van der Waals surface area contributed by atoms with Crippen molar-refractivity contribution in [1.82, 2.24) is 9.55 Å². The van der Waals surface area contributed by atoms with E-state index in [-0.39, 0.29) is 12.0 Å². The summed E-state index contributed by atoms with van der Waals surface area (Å²) in [6, 6.07) is 0. The molecule has 1 heterocycles. The van der Waals surface area contributed by atoms with Crippen molar-refractivity contribution in [3.05, 3.63) is 22.7 Å². The van der Waals surface area contributed by atoms with Crippen LogP contribution in [0.5, 0.6) is 0 Å². The standard InChI is InChI=1S/C11H17N3O3/c1-14-8-7-13-10(11(14)17)12-6-4-2-3-5-9(15)16/h7-8H,2-6H2,1H3,(H,12,13)(H,15,16). The third-order valence-electron chi connectivity index (χ3n) is 2.38. The molecule has 0 aromatic carbocycles. The van der Waals surface area contributed by atoms with E-state index in [1.54, 1.807) is 19.4 Å². The van der Waals surface area contributed by atoms with E-state index in [4.69, 9.17) is 5.11 Å². The van der Waals surface area contributed by atoms with Gasteiger partial charge >= 0.3 is 5.97 Å². The van der Waals surface area contributed by atoms with Gasteiger partial charge in [0.1, 0.15) is 0 Å². The number of unbranched alkanes of at least 4 members (excludes halogenated alkanes) is 2. The first kappa shape index (κ1) is 13.2. The van der Waals surface area contributed by atoms with Crippen LogP contribution in [0.15, 0.2) is 17.2 Å². The lowest BCUT2D eigenvalue weighted by molar-refractivity contribution is -0.137. The Labute approximate surface area is 99.3 Å². The molecule has 0 bridgehead atoms. The number of hydrogen-bond acceptors (Lipinski definition) is 4. The molecule has 1 aromatic rings. The fourth-order valence-corrected chi connectivity index (χ4v) is 1.40. The average molecular weight is 239 g/mol. The topological polar surface area (TPSA) is 84.2 Å². The van der Waals surface area contributed by atoms with Gasteiger partial charge in [0.25, 0.3) is 5.56 Å². The van der Waals surface area contributed by atoms with Gasteiger partial charge in [-0.15, -0.1) is 0 Å². The van der Waals surface area contributed by atoms with Crippen molar-refractivity contribution in [3.63, 3.8) is 0 Å². The molecule has 0 fully saturated rings. The number of carboxylic acid groups (broad SMARTS) is 1. The zero-order valence-corrected chi connectivity index (χ0v) is 9.85. The highest BCUT2D eigenvalue weighted by Gasteiger charge is 2.01. The van der Waals surface area contributed by atoms with Crippen LogP contribution in [0.25, 0.3) is 0 Å². The van der Waals surface area contributed by atoms with E-state index in [0.717, 1.165) is 12.8 Å². The predicted octanol–water partition coefficient (Wildman–Crippen LogP) is 0.837. The lowest BCUT2D eigenvalue weighted by Gasteiger charge is -2.05. The van der Waals surface area contributed by atoms with Crippen molar-refractivity contribution in [2.45, 2.75) is 25.7 Å². The maximum atomic E-state index is 11.5. The molecule has 17 heavy (non-hydrogen) atoms. The molecular formula is C11H17N3O3. The van der Waals surface area contributed by atoms with Gasteiger partial charge in [-0.05, 0) is 12.8 Å². The molecular weight excluding hydrogens is 222 g/mol. The molecule has 6 nitrogen and oxygen atoms in total. The molecule has 0 radical (unpaired) electrons. The van der Waals surface area contributed by atoms with Gasteiger partial charge in [-0.25, -0.2) is 4.98 Å². The minimum absolute atomic E-state index is 0.155. The predicted molar refractivity (Wildman–Crippen MR) is 64.1 cm³/mol. The third-order valence-corrected chi connectivity index (χ3v) is 2.38. The number of carbonyl (C=O) groups is 1. The molecule has 0 saturated heterocycles. The SMILES string of the molecule is Cn1ccnc(NCCCCCC(=O)O)c1=O. The fraction of sp³-hybridized carbons (Fsp3) is 0.545. The molecule has 1 aromatic heterocycles. The molecule has 0 amide bonds. The van der Waals surface area contributed by atoms with E-state index in [2.05, 4.69) is 10.3 Å². The zero-order valence-electron chi connectivity index (χ0n) is 9.85. The van der Waals surface area contributed by atoms with Gasteiger partial charge in [-0.2, -0.15) is 0 Å². The van der Waals surface area contributed by atoms with Crippen LogP contribution in [0.1, 0.15) is 25.7 Å².